The summed E-state index contributed by atoms with van der Waals surface area (Å²) in [6, 6.07) is 16.4. The number of ether oxygens (including phenoxy) is 1. The van der Waals surface area contributed by atoms with Crippen molar-refractivity contribution in [3.63, 3.8) is 0 Å². The molecule has 2 fully saturated rings. The molecular weight excluding hydrogens is 547 g/mol. The Kier molecular flexibility index (Phi) is 8.68. The van der Waals surface area contributed by atoms with Crippen LogP contribution in [0.15, 0.2) is 66.5 Å². The number of nitrogen functional groups attached to an aromatic ring is 1. The molecular formula is C32H35FN8O2. The second-order valence-corrected chi connectivity index (χ2v) is 11.3. The molecule has 0 bridgehead atoms. The summed E-state index contributed by atoms with van der Waals surface area (Å²) in [5, 5.41) is 17.5. The van der Waals surface area contributed by atoms with Crippen molar-refractivity contribution in [2.75, 3.05) is 18.8 Å². The van der Waals surface area contributed by atoms with Gasteiger partial charge >= 0.3 is 0 Å². The molecule has 6 rings (SSSR count). The lowest BCUT2D eigenvalue weighted by Crippen LogP contribution is -2.40. The van der Waals surface area contributed by atoms with Crippen LogP contribution in [-0.2, 0) is 11.8 Å². The van der Waals surface area contributed by atoms with Gasteiger partial charge < -0.3 is 20.7 Å². The predicted octanol–water partition coefficient (Wildman–Crippen LogP) is 5.13. The van der Waals surface area contributed by atoms with Crippen LogP contribution in [0, 0.1) is 17.1 Å². The molecule has 2 aliphatic rings. The molecule has 3 N–H and O–H groups in total. The van der Waals surface area contributed by atoms with E-state index in [0.717, 1.165) is 25.9 Å². The van der Waals surface area contributed by atoms with E-state index in [9.17, 15) is 14.4 Å². The Hall–Kier alpha value is -4.82. The summed E-state index contributed by atoms with van der Waals surface area (Å²) in [6.45, 7) is 5.60. The maximum atomic E-state index is 14.7. The molecule has 222 valence electrons. The molecule has 1 aliphatic heterocycles. The van der Waals surface area contributed by atoms with E-state index >= 15 is 0 Å². The van der Waals surface area contributed by atoms with E-state index in [-0.39, 0.29) is 22.8 Å². The lowest BCUT2D eigenvalue weighted by atomic mass is 10.0. The maximum absolute atomic E-state index is 14.7. The first-order valence-corrected chi connectivity index (χ1v) is 14.3. The van der Waals surface area contributed by atoms with Crippen LogP contribution in [0.3, 0.4) is 0 Å². The molecule has 2 aromatic heterocycles. The fourth-order valence-corrected chi connectivity index (χ4v) is 5.06. The lowest BCUT2D eigenvalue weighted by molar-refractivity contribution is -0.125. The second-order valence-electron chi connectivity index (χ2n) is 11.3. The smallest absolute Gasteiger partial charge is 0.264 e. The number of aromatic nitrogens is 4. The van der Waals surface area contributed by atoms with Crippen LogP contribution in [0.4, 0.5) is 10.2 Å². The van der Waals surface area contributed by atoms with Gasteiger partial charge in [0.25, 0.3) is 5.91 Å². The van der Waals surface area contributed by atoms with Crippen molar-refractivity contribution in [1.29, 1.82) is 5.26 Å². The van der Waals surface area contributed by atoms with Crippen LogP contribution in [0.2, 0.25) is 0 Å². The number of halogens is 1. The van der Waals surface area contributed by atoms with Gasteiger partial charge in [-0.1, -0.05) is 18.2 Å². The van der Waals surface area contributed by atoms with Gasteiger partial charge in [0.2, 0.25) is 0 Å². The van der Waals surface area contributed by atoms with Crippen molar-refractivity contribution >= 4 is 22.8 Å². The summed E-state index contributed by atoms with van der Waals surface area (Å²) in [5.41, 5.74) is 7.18. The van der Waals surface area contributed by atoms with Crippen LogP contribution in [0.1, 0.15) is 39.5 Å². The quantitative estimate of drug-likeness (QED) is 0.226. The van der Waals surface area contributed by atoms with Crippen LogP contribution in [0.5, 0.6) is 11.5 Å². The van der Waals surface area contributed by atoms with Gasteiger partial charge in [0.1, 0.15) is 46.8 Å². The third-order valence-electron chi connectivity index (χ3n) is 7.23. The van der Waals surface area contributed by atoms with Crippen molar-refractivity contribution in [1.82, 2.24) is 30.0 Å². The standard InChI is InChI=1S/C18H14FN5O.C14H21N3O/c1-24-18-15(17(20)21-10-22-18)16(23-24)13-8-7-12(9-14(13)19)25-11-5-3-2-4-6-11;1-14(2,16-12-5-6-12)9-11(10-15)13(18)17-7-3-4-8-17/h2-10H,1H3,(H2,20,21,22);9,12,16H,3-8H2,1-2H3/b;11-9+. The second kappa shape index (κ2) is 12.6. The number of anilines is 1. The van der Waals surface area contributed by atoms with Crippen LogP contribution >= 0.6 is 0 Å². The van der Waals surface area contributed by atoms with E-state index in [0.29, 0.717) is 39.8 Å². The first-order valence-electron chi connectivity index (χ1n) is 14.3. The summed E-state index contributed by atoms with van der Waals surface area (Å²) in [7, 11) is 1.73. The number of nitrogens with two attached hydrogens (primary N) is 1. The van der Waals surface area contributed by atoms with Crippen LogP contribution < -0.4 is 15.8 Å². The summed E-state index contributed by atoms with van der Waals surface area (Å²) in [5.74, 6) is 0.724. The van der Waals surface area contributed by atoms with E-state index < -0.39 is 5.82 Å². The van der Waals surface area contributed by atoms with E-state index in [4.69, 9.17) is 10.5 Å². The Balaban J connectivity index is 0.000000181. The van der Waals surface area contributed by atoms with Crippen molar-refractivity contribution in [2.24, 2.45) is 7.05 Å². The van der Waals surface area contributed by atoms with Gasteiger partial charge in [-0.3, -0.25) is 4.79 Å². The highest BCUT2D eigenvalue weighted by Crippen LogP contribution is 2.33. The normalized spacial score (nSPS) is 15.1. The summed E-state index contributed by atoms with van der Waals surface area (Å²) >= 11 is 0. The molecule has 0 radical (unpaired) electrons. The van der Waals surface area contributed by atoms with Crippen molar-refractivity contribution < 1.29 is 13.9 Å². The molecule has 0 unspecified atom stereocenters. The van der Waals surface area contributed by atoms with Gasteiger partial charge in [0.05, 0.1) is 5.39 Å². The van der Waals surface area contributed by atoms with Crippen LogP contribution in [-0.4, -0.2) is 55.2 Å². The van der Waals surface area contributed by atoms with Crippen molar-refractivity contribution in [3.05, 3.63) is 72.3 Å². The molecule has 1 aliphatic carbocycles. The number of carbonyl (C=O) groups is 1. The van der Waals surface area contributed by atoms with Gasteiger partial charge in [-0.15, -0.1) is 0 Å². The van der Waals surface area contributed by atoms with Gasteiger partial charge in [0.15, 0.2) is 5.65 Å². The number of hydrogen-bond acceptors (Lipinski definition) is 8. The number of nitriles is 1. The Labute approximate surface area is 250 Å². The molecule has 0 atom stereocenters. The average Bonchev–Trinajstić information content (AvgIpc) is 3.47. The number of fused-ring (bicyclic) bond motifs is 1. The monoisotopic (exact) mass is 582 g/mol. The number of hydrogen-bond donors (Lipinski definition) is 2. The Bertz CT molecular complexity index is 1680. The zero-order chi connectivity index (χ0) is 30.6. The van der Waals surface area contributed by atoms with E-state index in [1.165, 1.54) is 25.2 Å². The van der Waals surface area contributed by atoms with E-state index in [1.807, 2.05) is 32.0 Å². The number of aryl methyl sites for hydroxylation is 1. The lowest BCUT2D eigenvalue weighted by Gasteiger charge is -2.23. The number of likely N-dealkylation sites (tertiary alicyclic amines) is 1. The Morgan fingerprint density at radius 2 is 1.86 bits per heavy atom. The fourth-order valence-electron chi connectivity index (χ4n) is 5.06. The number of para-hydroxylation sites is 1. The number of nitrogens with one attached hydrogen (secondary N) is 1. The SMILES string of the molecule is CC(C)(/C=C(\C#N)C(=O)N1CCCC1)NC1CC1.Cn1nc(-c2ccc(Oc3ccccc3)cc2F)c2c(N)ncnc21. The molecule has 1 saturated heterocycles. The molecule has 11 heteroatoms. The summed E-state index contributed by atoms with van der Waals surface area (Å²) < 4.78 is 21.9. The fraction of sp³-hybridized carbons (Fsp3) is 0.344. The molecule has 3 heterocycles. The first-order chi connectivity index (χ1) is 20.6. The number of carbonyl (C=O) groups excluding carboxylic acids is 1. The Morgan fingerprint density at radius 3 is 2.51 bits per heavy atom. The average molecular weight is 583 g/mol. The van der Waals surface area contributed by atoms with E-state index in [1.54, 1.807) is 47.0 Å². The number of amides is 1. The predicted molar refractivity (Wildman–Crippen MR) is 162 cm³/mol. The van der Waals surface area contributed by atoms with Crippen molar-refractivity contribution in [3.8, 4) is 28.8 Å². The summed E-state index contributed by atoms with van der Waals surface area (Å²) in [4.78, 5) is 22.1. The third-order valence-corrected chi connectivity index (χ3v) is 7.23. The molecule has 4 aromatic rings. The molecule has 1 amide bonds. The molecule has 10 nitrogen and oxygen atoms in total. The number of rotatable bonds is 7. The topological polar surface area (TPSA) is 135 Å². The number of benzene rings is 2. The Morgan fingerprint density at radius 1 is 1.14 bits per heavy atom. The zero-order valence-corrected chi connectivity index (χ0v) is 24.5. The molecule has 2 aromatic carbocycles. The highest BCUT2D eigenvalue weighted by atomic mass is 19.1. The van der Waals surface area contributed by atoms with Crippen LogP contribution in [0.25, 0.3) is 22.3 Å². The van der Waals surface area contributed by atoms with Gasteiger partial charge in [-0.2, -0.15) is 10.4 Å². The van der Waals surface area contributed by atoms with Gasteiger partial charge in [-0.25, -0.2) is 19.0 Å². The van der Waals surface area contributed by atoms with Gasteiger partial charge in [-0.05, 0) is 69.9 Å². The van der Waals surface area contributed by atoms with Crippen molar-refractivity contribution in [2.45, 2.75) is 51.1 Å². The van der Waals surface area contributed by atoms with Gasteiger partial charge in [0, 0.05) is 43.3 Å². The third kappa shape index (κ3) is 7.16. The highest BCUT2D eigenvalue weighted by molar-refractivity contribution is 5.98. The zero-order valence-electron chi connectivity index (χ0n) is 24.5. The molecule has 1 saturated carbocycles. The minimum absolute atomic E-state index is 0.110. The molecule has 0 spiro atoms. The minimum Gasteiger partial charge on any atom is -0.457 e. The number of nitrogens with zero attached hydrogens (tertiary/aromatic N) is 6. The largest absolute Gasteiger partial charge is 0.457 e. The maximum Gasteiger partial charge on any atom is 0.264 e. The van der Waals surface area contributed by atoms with E-state index in [2.05, 4.69) is 26.5 Å². The summed E-state index contributed by atoms with van der Waals surface area (Å²) in [6.07, 6.45) is 7.63. The minimum atomic E-state index is -0.461. The highest BCUT2D eigenvalue weighted by Gasteiger charge is 2.30. The first kappa shape index (κ1) is 29.7. The molecule has 43 heavy (non-hydrogen) atoms.